The van der Waals surface area contributed by atoms with Gasteiger partial charge in [0.2, 0.25) is 5.82 Å². The fraction of sp³-hybridized carbons (Fsp3) is 0.105. The van der Waals surface area contributed by atoms with Crippen LogP contribution in [0.3, 0.4) is 0 Å². The van der Waals surface area contributed by atoms with Crippen LogP contribution in [-0.4, -0.2) is 35.4 Å². The number of halogens is 1. The molecule has 0 aliphatic carbocycles. The van der Waals surface area contributed by atoms with Gasteiger partial charge in [0.25, 0.3) is 5.91 Å². The van der Waals surface area contributed by atoms with Gasteiger partial charge in [-0.3, -0.25) is 4.79 Å². The van der Waals surface area contributed by atoms with E-state index >= 15 is 0 Å². The standard InChI is InChI=1S/C19H16ClN7OS/c1-12-22-17(25-27(12)15-7-3-13(20)4-8-15)18(28)23-14-5-9-16(10-6-14)29-19-24-21-11-26(19)2/h3-11H,1-2H3,(H,23,28). The maximum absolute atomic E-state index is 12.6. The molecule has 0 unspecified atom stereocenters. The van der Waals surface area contributed by atoms with Crippen LogP contribution in [-0.2, 0) is 7.05 Å². The zero-order valence-electron chi connectivity index (χ0n) is 15.6. The Morgan fingerprint density at radius 2 is 1.83 bits per heavy atom. The Bertz CT molecular complexity index is 1150. The molecule has 4 aromatic rings. The second-order valence-electron chi connectivity index (χ2n) is 6.18. The number of nitrogens with one attached hydrogen (secondary N) is 1. The van der Waals surface area contributed by atoms with Crippen molar-refractivity contribution in [1.29, 1.82) is 0 Å². The summed E-state index contributed by atoms with van der Waals surface area (Å²) in [5, 5.41) is 16.4. The largest absolute Gasteiger partial charge is 0.319 e. The summed E-state index contributed by atoms with van der Waals surface area (Å²) in [5.41, 5.74) is 1.43. The molecule has 4 rings (SSSR count). The second-order valence-corrected chi connectivity index (χ2v) is 7.65. The zero-order chi connectivity index (χ0) is 20.4. The van der Waals surface area contributed by atoms with E-state index in [2.05, 4.69) is 25.6 Å². The normalized spacial score (nSPS) is 10.9. The molecule has 0 spiro atoms. The van der Waals surface area contributed by atoms with Gasteiger partial charge in [0.15, 0.2) is 5.16 Å². The first-order valence-corrected chi connectivity index (χ1v) is 9.82. The summed E-state index contributed by atoms with van der Waals surface area (Å²) in [4.78, 5) is 17.8. The van der Waals surface area contributed by atoms with E-state index in [1.807, 2.05) is 48.0 Å². The number of nitrogens with zero attached hydrogens (tertiary/aromatic N) is 6. The van der Waals surface area contributed by atoms with Gasteiger partial charge >= 0.3 is 0 Å². The van der Waals surface area contributed by atoms with Gasteiger partial charge in [0.1, 0.15) is 12.2 Å². The van der Waals surface area contributed by atoms with Crippen molar-refractivity contribution in [2.24, 2.45) is 7.05 Å². The molecule has 0 fully saturated rings. The number of rotatable bonds is 5. The maximum atomic E-state index is 12.6. The molecule has 0 aliphatic heterocycles. The molecule has 10 heteroatoms. The summed E-state index contributed by atoms with van der Waals surface area (Å²) in [5.74, 6) is 0.317. The Labute approximate surface area is 175 Å². The highest BCUT2D eigenvalue weighted by Crippen LogP contribution is 2.26. The lowest BCUT2D eigenvalue weighted by Gasteiger charge is -2.05. The van der Waals surface area contributed by atoms with Gasteiger partial charge in [-0.2, -0.15) is 0 Å². The summed E-state index contributed by atoms with van der Waals surface area (Å²) in [7, 11) is 1.88. The molecule has 0 bridgehead atoms. The van der Waals surface area contributed by atoms with Crippen LogP contribution in [0.15, 0.2) is 64.9 Å². The van der Waals surface area contributed by atoms with Crippen molar-refractivity contribution < 1.29 is 4.79 Å². The van der Waals surface area contributed by atoms with Gasteiger partial charge in [-0.25, -0.2) is 9.67 Å². The Kier molecular flexibility index (Phi) is 5.32. The molecular formula is C19H16ClN7OS. The maximum Gasteiger partial charge on any atom is 0.295 e. The molecule has 0 saturated heterocycles. The molecule has 2 aromatic heterocycles. The van der Waals surface area contributed by atoms with E-state index in [9.17, 15) is 4.79 Å². The average Bonchev–Trinajstić information content (AvgIpc) is 3.30. The molecule has 29 heavy (non-hydrogen) atoms. The van der Waals surface area contributed by atoms with E-state index in [0.717, 1.165) is 15.7 Å². The van der Waals surface area contributed by atoms with E-state index in [0.29, 0.717) is 16.5 Å². The van der Waals surface area contributed by atoms with Crippen molar-refractivity contribution in [2.75, 3.05) is 5.32 Å². The first-order chi connectivity index (χ1) is 14.0. The van der Waals surface area contributed by atoms with Crippen LogP contribution in [0.4, 0.5) is 5.69 Å². The fourth-order valence-corrected chi connectivity index (χ4v) is 3.46. The Balaban J connectivity index is 1.46. The van der Waals surface area contributed by atoms with Crippen molar-refractivity contribution in [2.45, 2.75) is 17.0 Å². The summed E-state index contributed by atoms with van der Waals surface area (Å²) in [6.07, 6.45) is 1.65. The van der Waals surface area contributed by atoms with E-state index in [4.69, 9.17) is 11.6 Å². The van der Waals surface area contributed by atoms with Crippen LogP contribution in [0, 0.1) is 6.92 Å². The Morgan fingerprint density at radius 3 is 2.48 bits per heavy atom. The molecule has 146 valence electrons. The van der Waals surface area contributed by atoms with Crippen molar-refractivity contribution >= 4 is 35.0 Å². The minimum absolute atomic E-state index is 0.0926. The van der Waals surface area contributed by atoms with Gasteiger partial charge < -0.3 is 9.88 Å². The third kappa shape index (κ3) is 4.30. The zero-order valence-corrected chi connectivity index (χ0v) is 17.1. The summed E-state index contributed by atoms with van der Waals surface area (Å²) in [6.45, 7) is 1.79. The van der Waals surface area contributed by atoms with Crippen molar-refractivity contribution in [3.63, 3.8) is 0 Å². The molecule has 2 aromatic carbocycles. The Morgan fingerprint density at radius 1 is 1.10 bits per heavy atom. The molecule has 2 heterocycles. The molecule has 0 aliphatic rings. The van der Waals surface area contributed by atoms with Gasteiger partial charge in [-0.15, -0.1) is 15.3 Å². The van der Waals surface area contributed by atoms with Crippen LogP contribution in [0.1, 0.15) is 16.4 Å². The Hall–Kier alpha value is -3.17. The monoisotopic (exact) mass is 425 g/mol. The van der Waals surface area contributed by atoms with Crippen LogP contribution in [0.25, 0.3) is 5.69 Å². The number of hydrogen-bond acceptors (Lipinski definition) is 6. The van der Waals surface area contributed by atoms with Crippen molar-refractivity contribution in [1.82, 2.24) is 29.5 Å². The minimum Gasteiger partial charge on any atom is -0.319 e. The van der Waals surface area contributed by atoms with Crippen molar-refractivity contribution in [3.8, 4) is 5.69 Å². The molecule has 0 atom stereocenters. The topological polar surface area (TPSA) is 90.5 Å². The lowest BCUT2D eigenvalue weighted by atomic mass is 10.3. The van der Waals surface area contributed by atoms with E-state index < -0.39 is 0 Å². The smallest absolute Gasteiger partial charge is 0.295 e. The number of anilines is 1. The fourth-order valence-electron chi connectivity index (χ4n) is 2.58. The average molecular weight is 426 g/mol. The number of aryl methyl sites for hydroxylation is 2. The predicted octanol–water partition coefficient (Wildman–Crippen LogP) is 3.76. The van der Waals surface area contributed by atoms with Crippen molar-refractivity contribution in [3.05, 3.63) is 71.5 Å². The molecule has 8 nitrogen and oxygen atoms in total. The summed E-state index contributed by atoms with van der Waals surface area (Å²) < 4.78 is 3.44. The van der Waals surface area contributed by atoms with Crippen LogP contribution in [0.5, 0.6) is 0 Å². The molecule has 0 radical (unpaired) electrons. The second kappa shape index (κ2) is 8.06. The van der Waals surface area contributed by atoms with Gasteiger partial charge in [0.05, 0.1) is 5.69 Å². The quantitative estimate of drug-likeness (QED) is 0.523. The van der Waals surface area contributed by atoms with E-state index in [-0.39, 0.29) is 11.7 Å². The lowest BCUT2D eigenvalue weighted by molar-refractivity contribution is 0.101. The highest BCUT2D eigenvalue weighted by atomic mass is 35.5. The minimum atomic E-state index is -0.380. The molecular weight excluding hydrogens is 410 g/mol. The van der Waals surface area contributed by atoms with Gasteiger partial charge in [-0.1, -0.05) is 11.6 Å². The third-order valence-electron chi connectivity index (χ3n) is 4.03. The SMILES string of the molecule is Cc1nc(C(=O)Nc2ccc(Sc3nncn3C)cc2)nn1-c1ccc(Cl)cc1. The van der Waals surface area contributed by atoms with Gasteiger partial charge in [-0.05, 0) is 67.2 Å². The van der Waals surface area contributed by atoms with E-state index in [1.54, 1.807) is 30.1 Å². The van der Waals surface area contributed by atoms with Crippen LogP contribution in [0.2, 0.25) is 5.02 Å². The number of carbonyl (C=O) groups excluding carboxylic acids is 1. The van der Waals surface area contributed by atoms with E-state index in [1.165, 1.54) is 11.8 Å². The number of amides is 1. The first kappa shape index (κ1) is 19.2. The lowest BCUT2D eigenvalue weighted by Crippen LogP contribution is -2.14. The van der Waals surface area contributed by atoms with Crippen LogP contribution < -0.4 is 5.32 Å². The summed E-state index contributed by atoms with van der Waals surface area (Å²) >= 11 is 7.41. The predicted molar refractivity (Wildman–Crippen MR) is 111 cm³/mol. The number of aromatic nitrogens is 6. The number of carbonyl (C=O) groups is 1. The highest BCUT2D eigenvalue weighted by Gasteiger charge is 2.15. The highest BCUT2D eigenvalue weighted by molar-refractivity contribution is 7.99. The third-order valence-corrected chi connectivity index (χ3v) is 5.35. The first-order valence-electron chi connectivity index (χ1n) is 8.62. The van der Waals surface area contributed by atoms with Crippen LogP contribution >= 0.6 is 23.4 Å². The molecule has 1 amide bonds. The molecule has 1 N–H and O–H groups in total. The molecule has 0 saturated carbocycles. The number of benzene rings is 2. The van der Waals surface area contributed by atoms with Gasteiger partial charge in [0, 0.05) is 22.7 Å². The number of hydrogen-bond donors (Lipinski definition) is 1. The summed E-state index contributed by atoms with van der Waals surface area (Å²) in [6, 6.07) is 14.6.